The molecule has 1 heterocycles. The van der Waals surface area contributed by atoms with Gasteiger partial charge in [0, 0.05) is 53.0 Å². The fourth-order valence-electron chi connectivity index (χ4n) is 5.30. The van der Waals surface area contributed by atoms with Crippen LogP contribution < -0.4 is 15.0 Å². The molecule has 4 fully saturated rings. The smallest absolute Gasteiger partial charge is 0.258 e. The Hall–Kier alpha value is -1.95. The number of carbonyl (C=O) groups is 1. The molecule has 6 rings (SSSR count). The molecule has 0 radical (unpaired) electrons. The van der Waals surface area contributed by atoms with Gasteiger partial charge in [0.2, 0.25) is 0 Å². The third-order valence-electron chi connectivity index (χ3n) is 6.73. The largest absolute Gasteiger partial charge is 0.484 e. The van der Waals surface area contributed by atoms with Crippen LogP contribution in [0.4, 0.5) is 5.69 Å². The number of anilines is 1. The van der Waals surface area contributed by atoms with Crippen LogP contribution in [0.1, 0.15) is 19.3 Å². The van der Waals surface area contributed by atoms with Crippen LogP contribution in [0.2, 0.25) is 10.0 Å². The minimum atomic E-state index is -0.0502. The van der Waals surface area contributed by atoms with Crippen LogP contribution in [-0.4, -0.2) is 54.7 Å². The predicted molar refractivity (Wildman–Crippen MR) is 120 cm³/mol. The molecule has 5 nitrogen and oxygen atoms in total. The Morgan fingerprint density at radius 3 is 2.07 bits per heavy atom. The van der Waals surface area contributed by atoms with Crippen molar-refractivity contribution in [1.82, 2.24) is 10.2 Å². The zero-order valence-corrected chi connectivity index (χ0v) is 18.3. The van der Waals surface area contributed by atoms with Gasteiger partial charge in [-0.15, -0.1) is 0 Å². The Labute approximate surface area is 186 Å². The van der Waals surface area contributed by atoms with E-state index in [1.54, 1.807) is 24.3 Å². The van der Waals surface area contributed by atoms with Crippen LogP contribution in [0.15, 0.2) is 48.5 Å². The summed E-state index contributed by atoms with van der Waals surface area (Å²) in [6.45, 7) is 4.21. The number of halogens is 2. The zero-order chi connectivity index (χ0) is 20.8. The second kappa shape index (κ2) is 7.63. The lowest BCUT2D eigenvalue weighted by atomic mass is 9.43. The molecule has 1 aliphatic heterocycles. The predicted octanol–water partition coefficient (Wildman–Crippen LogP) is 3.99. The van der Waals surface area contributed by atoms with Crippen molar-refractivity contribution in [2.75, 3.05) is 37.7 Å². The van der Waals surface area contributed by atoms with Crippen molar-refractivity contribution in [2.45, 2.75) is 30.3 Å². The summed E-state index contributed by atoms with van der Waals surface area (Å²) in [4.78, 5) is 17.4. The van der Waals surface area contributed by atoms with Gasteiger partial charge in [0.25, 0.3) is 5.91 Å². The monoisotopic (exact) mass is 445 g/mol. The summed E-state index contributed by atoms with van der Waals surface area (Å²) in [5.41, 5.74) is 1.51. The van der Waals surface area contributed by atoms with Crippen LogP contribution in [0.5, 0.6) is 5.75 Å². The van der Waals surface area contributed by atoms with Crippen LogP contribution in [-0.2, 0) is 4.79 Å². The molecule has 1 N–H and O–H groups in total. The summed E-state index contributed by atoms with van der Waals surface area (Å²) in [5.74, 6) is 0.605. The van der Waals surface area contributed by atoms with E-state index in [1.165, 1.54) is 5.69 Å². The highest BCUT2D eigenvalue weighted by Gasteiger charge is 2.70. The number of hydrogen-bond donors (Lipinski definition) is 1. The number of rotatable bonds is 6. The average Bonchev–Trinajstić information content (AvgIpc) is 2.70. The summed E-state index contributed by atoms with van der Waals surface area (Å²) >= 11 is 11.9. The molecule has 4 aliphatic rings. The van der Waals surface area contributed by atoms with E-state index in [2.05, 4.69) is 27.2 Å². The van der Waals surface area contributed by atoms with Crippen LogP contribution in [0, 0.1) is 0 Å². The van der Waals surface area contributed by atoms with Crippen molar-refractivity contribution >= 4 is 34.8 Å². The van der Waals surface area contributed by atoms with Crippen molar-refractivity contribution in [3.8, 4) is 5.75 Å². The van der Waals surface area contributed by atoms with E-state index in [0.717, 1.165) is 50.5 Å². The van der Waals surface area contributed by atoms with E-state index < -0.39 is 0 Å². The summed E-state index contributed by atoms with van der Waals surface area (Å²) in [6, 6.07) is 15.1. The Bertz CT molecular complexity index is 905. The average molecular weight is 446 g/mol. The molecular weight excluding hydrogens is 421 g/mol. The first-order valence-electron chi connectivity index (χ1n) is 10.4. The fraction of sp³-hybridized carbons (Fsp3) is 0.435. The van der Waals surface area contributed by atoms with Gasteiger partial charge >= 0.3 is 0 Å². The van der Waals surface area contributed by atoms with Crippen molar-refractivity contribution in [2.24, 2.45) is 0 Å². The van der Waals surface area contributed by atoms with Gasteiger partial charge in [-0.05, 0) is 67.8 Å². The third kappa shape index (κ3) is 3.75. The van der Waals surface area contributed by atoms with Crippen LogP contribution >= 0.6 is 23.2 Å². The highest BCUT2D eigenvalue weighted by molar-refractivity contribution is 6.30. The van der Waals surface area contributed by atoms with E-state index in [9.17, 15) is 4.79 Å². The summed E-state index contributed by atoms with van der Waals surface area (Å²) in [7, 11) is 0. The van der Waals surface area contributed by atoms with Gasteiger partial charge in [0.05, 0.1) is 0 Å². The molecule has 0 unspecified atom stereocenters. The third-order valence-corrected chi connectivity index (χ3v) is 7.24. The lowest BCUT2D eigenvalue weighted by Gasteiger charge is -2.74. The van der Waals surface area contributed by atoms with Gasteiger partial charge < -0.3 is 15.0 Å². The topological polar surface area (TPSA) is 44.8 Å². The van der Waals surface area contributed by atoms with Gasteiger partial charge in [-0.2, -0.15) is 0 Å². The Morgan fingerprint density at radius 2 is 1.47 bits per heavy atom. The molecule has 0 atom stereocenters. The van der Waals surface area contributed by atoms with Crippen molar-refractivity contribution < 1.29 is 9.53 Å². The highest BCUT2D eigenvalue weighted by atomic mass is 35.5. The minimum absolute atomic E-state index is 0.0201. The molecule has 2 bridgehead atoms. The Balaban J connectivity index is 1.07. The number of nitrogens with zero attached hydrogens (tertiary/aromatic N) is 2. The van der Waals surface area contributed by atoms with E-state index >= 15 is 0 Å². The molecule has 0 aromatic heterocycles. The first kappa shape index (κ1) is 20.0. The second-order valence-corrected chi connectivity index (χ2v) is 9.65. The van der Waals surface area contributed by atoms with Gasteiger partial charge in [-0.1, -0.05) is 23.2 Å². The van der Waals surface area contributed by atoms with E-state index in [-0.39, 0.29) is 23.6 Å². The summed E-state index contributed by atoms with van der Waals surface area (Å²) < 4.78 is 5.56. The van der Waals surface area contributed by atoms with Crippen LogP contribution in [0.3, 0.4) is 0 Å². The number of carbonyl (C=O) groups excluding carboxylic acids is 1. The number of amides is 1. The molecule has 0 spiro atoms. The number of hydrogen-bond acceptors (Lipinski definition) is 4. The maximum Gasteiger partial charge on any atom is 0.258 e. The maximum absolute atomic E-state index is 12.3. The first-order valence-corrected chi connectivity index (χ1v) is 11.2. The van der Waals surface area contributed by atoms with Crippen molar-refractivity contribution in [3.63, 3.8) is 0 Å². The van der Waals surface area contributed by atoms with Gasteiger partial charge in [0.1, 0.15) is 5.75 Å². The van der Waals surface area contributed by atoms with E-state index in [1.807, 2.05) is 12.1 Å². The number of ether oxygens (including phenoxy) is 1. The molecule has 3 saturated carbocycles. The molecule has 3 aliphatic carbocycles. The normalized spacial score (nSPS) is 27.7. The van der Waals surface area contributed by atoms with Crippen molar-refractivity contribution in [3.05, 3.63) is 58.6 Å². The van der Waals surface area contributed by atoms with Gasteiger partial charge in [0.15, 0.2) is 6.61 Å². The summed E-state index contributed by atoms with van der Waals surface area (Å²) in [6.07, 6.45) is 3.15. The minimum Gasteiger partial charge on any atom is -0.484 e. The summed E-state index contributed by atoms with van der Waals surface area (Å²) in [5, 5.41) is 4.63. The molecule has 7 heteroatoms. The van der Waals surface area contributed by atoms with E-state index in [4.69, 9.17) is 27.9 Å². The molecule has 2 aromatic carbocycles. The lowest BCUT2D eigenvalue weighted by molar-refractivity contribution is -0.185. The van der Waals surface area contributed by atoms with Crippen LogP contribution in [0.25, 0.3) is 0 Å². The zero-order valence-electron chi connectivity index (χ0n) is 16.7. The SMILES string of the molecule is O=C(COc1ccc(Cl)cc1)NC12CC(N3CCN(c4ccc(Cl)cc4)CC3)(C1)C2. The highest BCUT2D eigenvalue weighted by Crippen LogP contribution is 2.63. The molecule has 2 aromatic rings. The molecule has 1 saturated heterocycles. The number of nitrogens with one attached hydrogen (secondary N) is 1. The number of piperazine rings is 1. The lowest BCUT2D eigenvalue weighted by Crippen LogP contribution is -2.84. The standard InChI is InChI=1S/C23H25Cl2N3O2/c24-17-1-5-19(6-2-17)27-9-11-28(12-10-27)23-14-22(15-23,16-23)26-21(29)13-30-20-7-3-18(25)4-8-20/h1-8H,9-16H2,(H,26,29). The first-order chi connectivity index (χ1) is 14.5. The van der Waals surface area contributed by atoms with E-state index in [0.29, 0.717) is 10.8 Å². The molecular formula is C23H25Cl2N3O2. The maximum atomic E-state index is 12.3. The molecule has 158 valence electrons. The quantitative estimate of drug-likeness (QED) is 0.729. The Morgan fingerprint density at radius 1 is 0.900 bits per heavy atom. The van der Waals surface area contributed by atoms with Gasteiger partial charge in [-0.3, -0.25) is 9.69 Å². The van der Waals surface area contributed by atoms with Crippen molar-refractivity contribution in [1.29, 1.82) is 0 Å². The Kier molecular flexibility index (Phi) is 5.08. The molecule has 1 amide bonds. The molecule has 30 heavy (non-hydrogen) atoms. The second-order valence-electron chi connectivity index (χ2n) is 8.78. The fourth-order valence-corrected chi connectivity index (χ4v) is 5.56. The van der Waals surface area contributed by atoms with Gasteiger partial charge in [-0.25, -0.2) is 0 Å². The number of benzene rings is 2.